The molecule has 0 radical (unpaired) electrons. The predicted octanol–water partition coefficient (Wildman–Crippen LogP) is 3.62. The number of rotatable bonds is 9. The lowest BCUT2D eigenvalue weighted by atomic mass is 9.89. The minimum Gasteiger partial charge on any atom is -0.379 e. The largest absolute Gasteiger partial charge is 0.379 e. The number of hydrogen-bond acceptors (Lipinski definition) is 5. The fourth-order valence-electron chi connectivity index (χ4n) is 4.97. The van der Waals surface area contributed by atoms with Gasteiger partial charge in [0.15, 0.2) is 0 Å². The van der Waals surface area contributed by atoms with E-state index in [4.69, 9.17) is 16.3 Å². The fraction of sp³-hybridized carbons (Fsp3) is 0.520. The average molecular weight is 507 g/mol. The van der Waals surface area contributed by atoms with Crippen LogP contribution in [-0.2, 0) is 14.9 Å². The van der Waals surface area contributed by atoms with Crippen molar-refractivity contribution in [2.24, 2.45) is 0 Å². The molecule has 0 amide bonds. The summed E-state index contributed by atoms with van der Waals surface area (Å²) in [7, 11) is -3.73. The Hall–Kier alpha value is -1.52. The first-order valence-corrected chi connectivity index (χ1v) is 13.9. The molecule has 2 aromatic carbocycles. The first-order valence-electron chi connectivity index (χ1n) is 12.1. The maximum atomic E-state index is 14.0. The molecule has 0 spiro atoms. The van der Waals surface area contributed by atoms with E-state index >= 15 is 0 Å². The zero-order valence-corrected chi connectivity index (χ0v) is 21.6. The zero-order valence-electron chi connectivity index (χ0n) is 20.0. The van der Waals surface area contributed by atoms with Gasteiger partial charge in [-0.05, 0) is 23.3 Å². The molecule has 2 unspecified atom stereocenters. The number of nitrogens with zero attached hydrogens (tertiary/aromatic N) is 4. The van der Waals surface area contributed by atoms with E-state index in [1.54, 1.807) is 8.72 Å². The van der Waals surface area contributed by atoms with Gasteiger partial charge in [0.2, 0.25) is 0 Å². The molecule has 2 saturated heterocycles. The van der Waals surface area contributed by atoms with Crippen molar-refractivity contribution in [1.82, 2.24) is 18.6 Å². The molecule has 34 heavy (non-hydrogen) atoms. The molecule has 7 nitrogen and oxygen atoms in total. The Balaban J connectivity index is 1.75. The van der Waals surface area contributed by atoms with Crippen molar-refractivity contribution in [3.8, 4) is 0 Å². The molecule has 0 aromatic heterocycles. The van der Waals surface area contributed by atoms with Gasteiger partial charge in [0.25, 0.3) is 10.2 Å². The van der Waals surface area contributed by atoms with E-state index in [1.165, 1.54) is 0 Å². The summed E-state index contributed by atoms with van der Waals surface area (Å²) in [6, 6.07) is 17.5. The molecule has 2 heterocycles. The molecule has 0 saturated carbocycles. The minimum absolute atomic E-state index is 0.00241. The van der Waals surface area contributed by atoms with Crippen molar-refractivity contribution < 1.29 is 13.2 Å². The lowest BCUT2D eigenvalue weighted by Crippen LogP contribution is -2.52. The van der Waals surface area contributed by atoms with E-state index in [0.29, 0.717) is 31.2 Å². The predicted molar refractivity (Wildman–Crippen MR) is 136 cm³/mol. The van der Waals surface area contributed by atoms with Crippen LogP contribution < -0.4 is 0 Å². The van der Waals surface area contributed by atoms with Crippen LogP contribution in [0.3, 0.4) is 0 Å². The van der Waals surface area contributed by atoms with Gasteiger partial charge in [-0.2, -0.15) is 12.7 Å². The van der Waals surface area contributed by atoms with Crippen LogP contribution in [0.5, 0.6) is 0 Å². The highest BCUT2D eigenvalue weighted by Gasteiger charge is 2.49. The summed E-state index contributed by atoms with van der Waals surface area (Å²) in [5.41, 5.74) is 2.08. The summed E-state index contributed by atoms with van der Waals surface area (Å²) in [5.74, 6) is -0.00241. The Morgan fingerprint density at radius 2 is 1.59 bits per heavy atom. The molecule has 2 aliphatic rings. The molecular formula is C25H35ClN4O3S. The molecule has 2 aliphatic heterocycles. The van der Waals surface area contributed by atoms with Crippen LogP contribution in [0.1, 0.15) is 36.9 Å². The highest BCUT2D eigenvalue weighted by molar-refractivity contribution is 7.86. The summed E-state index contributed by atoms with van der Waals surface area (Å²) in [6.45, 7) is 9.88. The summed E-state index contributed by atoms with van der Waals surface area (Å²) >= 11 is 6.19. The topological polar surface area (TPSA) is 56.3 Å². The van der Waals surface area contributed by atoms with Crippen LogP contribution in [0.2, 0.25) is 5.02 Å². The van der Waals surface area contributed by atoms with E-state index < -0.39 is 10.2 Å². The lowest BCUT2D eigenvalue weighted by Gasteiger charge is -2.36. The van der Waals surface area contributed by atoms with Crippen LogP contribution in [0.15, 0.2) is 54.6 Å². The molecule has 0 N–H and O–H groups in total. The molecule has 9 heteroatoms. The molecular weight excluding hydrogens is 472 g/mol. The van der Waals surface area contributed by atoms with E-state index in [1.807, 2.05) is 61.3 Å². The van der Waals surface area contributed by atoms with Crippen molar-refractivity contribution in [2.45, 2.75) is 25.8 Å². The number of morpholine rings is 1. The maximum Gasteiger partial charge on any atom is 0.295 e. The van der Waals surface area contributed by atoms with Crippen molar-refractivity contribution >= 4 is 21.8 Å². The Bertz CT molecular complexity index is 1010. The Morgan fingerprint density at radius 1 is 0.941 bits per heavy atom. The second-order valence-electron chi connectivity index (χ2n) is 8.74. The molecule has 4 rings (SSSR count). The zero-order chi connectivity index (χ0) is 24.1. The Kier molecular flexibility index (Phi) is 8.63. The maximum absolute atomic E-state index is 14.0. The molecule has 2 atom stereocenters. The third kappa shape index (κ3) is 5.49. The first-order chi connectivity index (χ1) is 16.5. The third-order valence-corrected chi connectivity index (χ3v) is 9.14. The quantitative estimate of drug-likeness (QED) is 0.520. The van der Waals surface area contributed by atoms with Gasteiger partial charge in [-0.25, -0.2) is 5.01 Å². The van der Waals surface area contributed by atoms with Gasteiger partial charge in [-0.1, -0.05) is 67.9 Å². The Morgan fingerprint density at radius 3 is 2.21 bits per heavy atom. The third-order valence-electron chi connectivity index (χ3n) is 6.79. The van der Waals surface area contributed by atoms with Crippen molar-refractivity contribution in [2.75, 3.05) is 59.0 Å². The fourth-order valence-corrected chi connectivity index (χ4v) is 6.99. The smallest absolute Gasteiger partial charge is 0.295 e. The monoisotopic (exact) mass is 506 g/mol. The van der Waals surface area contributed by atoms with Gasteiger partial charge in [0, 0.05) is 56.8 Å². The number of benzene rings is 2. The van der Waals surface area contributed by atoms with Gasteiger partial charge in [0.05, 0.1) is 19.3 Å². The summed E-state index contributed by atoms with van der Waals surface area (Å²) in [5, 5.41) is 2.68. The second-order valence-corrected chi connectivity index (χ2v) is 11.0. The average Bonchev–Trinajstić information content (AvgIpc) is 3.25. The van der Waals surface area contributed by atoms with Gasteiger partial charge in [-0.3, -0.25) is 4.90 Å². The molecule has 2 fully saturated rings. The SMILES string of the molecule is CCN(CC)S(=O)(=O)N1C(c2ccc(Cl)cc2)C(c2ccccc2)CN1CCN1CCOCC1. The second kappa shape index (κ2) is 11.5. The van der Waals surface area contributed by atoms with Crippen molar-refractivity contribution in [3.63, 3.8) is 0 Å². The van der Waals surface area contributed by atoms with Gasteiger partial charge < -0.3 is 4.74 Å². The number of hydrogen-bond donors (Lipinski definition) is 0. The summed E-state index contributed by atoms with van der Waals surface area (Å²) in [6.07, 6.45) is 0. The van der Waals surface area contributed by atoms with Crippen LogP contribution in [0.4, 0.5) is 0 Å². The van der Waals surface area contributed by atoms with Crippen LogP contribution in [0, 0.1) is 0 Å². The standard InChI is InChI=1S/C25H35ClN4O3S/c1-3-29(4-2)34(31,32)30-25(22-10-12-23(26)13-11-22)24(21-8-6-5-7-9-21)20-28(30)15-14-27-16-18-33-19-17-27/h5-13,24-25H,3-4,14-20H2,1-2H3. The molecule has 0 bridgehead atoms. The number of hydrazine groups is 1. The normalized spacial score (nSPS) is 23.1. The van der Waals surface area contributed by atoms with Gasteiger partial charge >= 0.3 is 0 Å². The summed E-state index contributed by atoms with van der Waals surface area (Å²) in [4.78, 5) is 2.35. The van der Waals surface area contributed by atoms with Gasteiger partial charge in [-0.15, -0.1) is 4.41 Å². The van der Waals surface area contributed by atoms with Crippen molar-refractivity contribution in [1.29, 1.82) is 0 Å². The lowest BCUT2D eigenvalue weighted by molar-refractivity contribution is 0.0184. The number of halogens is 1. The van der Waals surface area contributed by atoms with Gasteiger partial charge in [0.1, 0.15) is 0 Å². The number of ether oxygens (including phenoxy) is 1. The molecule has 186 valence electrons. The first kappa shape index (κ1) is 25.6. The van der Waals surface area contributed by atoms with E-state index in [2.05, 4.69) is 17.0 Å². The van der Waals surface area contributed by atoms with E-state index in [9.17, 15) is 8.42 Å². The Labute approximate surface area is 209 Å². The minimum atomic E-state index is -3.73. The summed E-state index contributed by atoms with van der Waals surface area (Å²) < 4.78 is 36.8. The van der Waals surface area contributed by atoms with Crippen molar-refractivity contribution in [3.05, 3.63) is 70.7 Å². The highest BCUT2D eigenvalue weighted by Crippen LogP contribution is 2.45. The van der Waals surface area contributed by atoms with E-state index in [0.717, 1.165) is 44.0 Å². The molecule has 2 aromatic rings. The van der Waals surface area contributed by atoms with Crippen LogP contribution >= 0.6 is 11.6 Å². The van der Waals surface area contributed by atoms with E-state index in [-0.39, 0.29) is 12.0 Å². The van der Waals surface area contributed by atoms with Crippen LogP contribution in [-0.4, -0.2) is 86.1 Å². The highest BCUT2D eigenvalue weighted by atomic mass is 35.5. The molecule has 0 aliphatic carbocycles. The van der Waals surface area contributed by atoms with Crippen LogP contribution in [0.25, 0.3) is 0 Å².